The van der Waals surface area contributed by atoms with Crippen LogP contribution in [0.4, 0.5) is 5.69 Å². The highest BCUT2D eigenvalue weighted by atomic mass is 35.5. The van der Waals surface area contributed by atoms with Gasteiger partial charge in [0.2, 0.25) is 0 Å². The van der Waals surface area contributed by atoms with Crippen LogP contribution in [0.2, 0.25) is 5.02 Å². The van der Waals surface area contributed by atoms with Crippen LogP contribution in [0.3, 0.4) is 0 Å². The highest BCUT2D eigenvalue weighted by molar-refractivity contribution is 6.30. The number of ether oxygens (including phenoxy) is 4. The molecule has 0 saturated carbocycles. The summed E-state index contributed by atoms with van der Waals surface area (Å²) in [6.07, 6.45) is 2.88. The zero-order valence-electron chi connectivity index (χ0n) is 20.7. The molecule has 0 radical (unpaired) electrons. The van der Waals surface area contributed by atoms with E-state index in [1.807, 2.05) is 6.07 Å². The molecule has 0 spiro atoms. The first kappa shape index (κ1) is 28.7. The monoisotopic (exact) mass is 529 g/mol. The van der Waals surface area contributed by atoms with Gasteiger partial charge in [-0.25, -0.2) is 19.2 Å². The molecule has 0 bridgehead atoms. The molecule has 1 aromatic rings. The number of hydrogen-bond donors (Lipinski definition) is 1. The quantitative estimate of drug-likeness (QED) is 0.313. The summed E-state index contributed by atoms with van der Waals surface area (Å²) in [6, 6.07) is 8.22. The molecule has 0 fully saturated rings. The smallest absolute Gasteiger partial charge is 0.338 e. The minimum Gasteiger partial charge on any atom is -0.466 e. The van der Waals surface area contributed by atoms with Gasteiger partial charge in [-0.05, 0) is 37.3 Å². The summed E-state index contributed by atoms with van der Waals surface area (Å²) in [6.45, 7) is 1.48. The second-order valence-electron chi connectivity index (χ2n) is 7.50. The molecule has 0 aliphatic carbocycles. The van der Waals surface area contributed by atoms with Crippen LogP contribution in [0.5, 0.6) is 0 Å². The standard InChI is InChI=1S/C25H24ClN3O8/c1-25(19(24(33)37-5)12-21(31)35-3)18(10-14(23(32)36-4)11-20(30)34-2)17(13-27)22(28)29(25)16-8-6-15(26)7-9-16/h6-12H,28H2,1-5H3. The number of carbonyl (C=O) groups is 4. The van der Waals surface area contributed by atoms with E-state index in [1.165, 1.54) is 11.8 Å². The number of benzene rings is 1. The predicted octanol–water partition coefficient (Wildman–Crippen LogP) is 2.08. The largest absolute Gasteiger partial charge is 0.466 e. The first-order valence-electron chi connectivity index (χ1n) is 10.4. The lowest BCUT2D eigenvalue weighted by Crippen LogP contribution is -2.49. The minimum atomic E-state index is -1.74. The van der Waals surface area contributed by atoms with Crippen molar-refractivity contribution in [2.75, 3.05) is 33.3 Å². The van der Waals surface area contributed by atoms with Gasteiger partial charge in [-0.1, -0.05) is 11.6 Å². The number of anilines is 1. The van der Waals surface area contributed by atoms with E-state index in [0.29, 0.717) is 10.7 Å². The molecule has 1 aliphatic rings. The Balaban J connectivity index is 3.07. The molecule has 1 atom stereocenters. The summed E-state index contributed by atoms with van der Waals surface area (Å²) in [5.74, 6) is -3.82. The third-order valence-corrected chi connectivity index (χ3v) is 5.78. The van der Waals surface area contributed by atoms with Crippen molar-refractivity contribution in [2.24, 2.45) is 5.73 Å². The van der Waals surface area contributed by atoms with E-state index in [9.17, 15) is 24.4 Å². The summed E-state index contributed by atoms with van der Waals surface area (Å²) in [4.78, 5) is 51.3. The van der Waals surface area contributed by atoms with Gasteiger partial charge in [0.05, 0.1) is 45.2 Å². The number of rotatable bonds is 7. The van der Waals surface area contributed by atoms with E-state index >= 15 is 0 Å². The van der Waals surface area contributed by atoms with Crippen molar-refractivity contribution in [3.05, 3.63) is 75.6 Å². The molecule has 1 aliphatic heterocycles. The van der Waals surface area contributed by atoms with Crippen LogP contribution < -0.4 is 10.6 Å². The lowest BCUT2D eigenvalue weighted by atomic mass is 9.80. The highest BCUT2D eigenvalue weighted by Gasteiger charge is 2.52. The van der Waals surface area contributed by atoms with E-state index in [0.717, 1.165) is 46.7 Å². The molecule has 37 heavy (non-hydrogen) atoms. The van der Waals surface area contributed by atoms with Crippen molar-refractivity contribution in [3.63, 3.8) is 0 Å². The summed E-state index contributed by atoms with van der Waals surface area (Å²) in [7, 11) is 4.41. The number of halogens is 1. The van der Waals surface area contributed by atoms with E-state index in [2.05, 4.69) is 4.74 Å². The van der Waals surface area contributed by atoms with E-state index in [4.69, 9.17) is 31.5 Å². The number of carbonyl (C=O) groups excluding carboxylic acids is 4. The maximum atomic E-state index is 13.0. The van der Waals surface area contributed by atoms with Gasteiger partial charge in [-0.15, -0.1) is 0 Å². The van der Waals surface area contributed by atoms with Crippen LogP contribution in [0.25, 0.3) is 0 Å². The lowest BCUT2D eigenvalue weighted by Gasteiger charge is -2.39. The van der Waals surface area contributed by atoms with E-state index in [1.54, 1.807) is 24.3 Å². The molecule has 1 heterocycles. The van der Waals surface area contributed by atoms with Crippen LogP contribution in [-0.2, 0) is 38.1 Å². The van der Waals surface area contributed by atoms with Gasteiger partial charge in [0, 0.05) is 28.4 Å². The van der Waals surface area contributed by atoms with Gasteiger partial charge in [-0.2, -0.15) is 5.26 Å². The van der Waals surface area contributed by atoms with Crippen molar-refractivity contribution in [1.82, 2.24) is 0 Å². The van der Waals surface area contributed by atoms with Crippen LogP contribution in [-0.4, -0.2) is 57.9 Å². The average Bonchev–Trinajstić information content (AvgIpc) is 3.11. The summed E-state index contributed by atoms with van der Waals surface area (Å²) in [5, 5.41) is 10.5. The zero-order valence-corrected chi connectivity index (χ0v) is 21.4. The fourth-order valence-electron chi connectivity index (χ4n) is 3.74. The van der Waals surface area contributed by atoms with Crippen molar-refractivity contribution in [3.8, 4) is 6.07 Å². The SMILES string of the molecule is COC(=O)C=C(C=C1C(C#N)=C(N)N(c2ccc(Cl)cc2)C1(C)C(=CC(=O)OC)C(=O)OC)C(=O)OC. The topological polar surface area (TPSA) is 158 Å². The summed E-state index contributed by atoms with van der Waals surface area (Å²) >= 11 is 6.04. The molecule has 2 rings (SSSR count). The number of hydrogen-bond acceptors (Lipinski definition) is 11. The van der Waals surface area contributed by atoms with Gasteiger partial charge in [0.15, 0.2) is 0 Å². The second-order valence-corrected chi connectivity index (χ2v) is 7.94. The molecule has 0 saturated heterocycles. The van der Waals surface area contributed by atoms with Crippen LogP contribution in [0.1, 0.15) is 6.92 Å². The molecule has 1 aromatic carbocycles. The molecule has 11 nitrogen and oxygen atoms in total. The van der Waals surface area contributed by atoms with Gasteiger partial charge < -0.3 is 29.6 Å². The van der Waals surface area contributed by atoms with Crippen molar-refractivity contribution in [2.45, 2.75) is 12.5 Å². The molecule has 194 valence electrons. The Labute approximate surface area is 217 Å². The fraction of sp³-hybridized carbons (Fsp3) is 0.240. The predicted molar refractivity (Wildman–Crippen MR) is 131 cm³/mol. The van der Waals surface area contributed by atoms with Crippen LogP contribution in [0, 0.1) is 11.3 Å². The van der Waals surface area contributed by atoms with Gasteiger partial charge >= 0.3 is 23.9 Å². The van der Waals surface area contributed by atoms with Crippen LogP contribution >= 0.6 is 11.6 Å². The average molecular weight is 530 g/mol. The van der Waals surface area contributed by atoms with Gasteiger partial charge in [0.1, 0.15) is 17.4 Å². The number of methoxy groups -OCH3 is 4. The summed E-state index contributed by atoms with van der Waals surface area (Å²) in [5.41, 5.74) is 4.24. The zero-order chi connectivity index (χ0) is 27.9. The number of nitrogens with two attached hydrogens (primary N) is 1. The van der Waals surface area contributed by atoms with Crippen LogP contribution in [0.15, 0.2) is 70.6 Å². The first-order chi connectivity index (χ1) is 17.5. The number of esters is 4. The maximum Gasteiger partial charge on any atom is 0.338 e. The van der Waals surface area contributed by atoms with Crippen molar-refractivity contribution in [1.29, 1.82) is 5.26 Å². The van der Waals surface area contributed by atoms with Gasteiger partial charge in [-0.3, -0.25) is 0 Å². The fourth-order valence-corrected chi connectivity index (χ4v) is 3.87. The lowest BCUT2D eigenvalue weighted by molar-refractivity contribution is -0.139. The Bertz CT molecular complexity index is 1290. The Morgan fingerprint density at radius 1 is 0.946 bits per heavy atom. The Morgan fingerprint density at radius 2 is 1.49 bits per heavy atom. The summed E-state index contributed by atoms with van der Waals surface area (Å²) < 4.78 is 19.0. The van der Waals surface area contributed by atoms with Gasteiger partial charge in [0.25, 0.3) is 0 Å². The normalized spacial score (nSPS) is 18.8. The molecule has 1 unspecified atom stereocenters. The molecule has 2 N–H and O–H groups in total. The van der Waals surface area contributed by atoms with Crippen molar-refractivity contribution >= 4 is 41.2 Å². The highest BCUT2D eigenvalue weighted by Crippen LogP contribution is 2.48. The number of nitriles is 1. The third kappa shape index (κ3) is 5.65. The Kier molecular flexibility index (Phi) is 9.24. The Morgan fingerprint density at radius 3 is 1.97 bits per heavy atom. The molecule has 0 amide bonds. The molecular weight excluding hydrogens is 506 g/mol. The number of nitrogens with zero attached hydrogens (tertiary/aromatic N) is 2. The van der Waals surface area contributed by atoms with E-state index < -0.39 is 29.4 Å². The molecule has 0 aromatic heterocycles. The van der Waals surface area contributed by atoms with E-state index in [-0.39, 0.29) is 28.1 Å². The first-order valence-corrected chi connectivity index (χ1v) is 10.8. The molecule has 12 heteroatoms. The van der Waals surface area contributed by atoms with Crippen molar-refractivity contribution < 1.29 is 38.1 Å². The Hall–Kier alpha value is -4.56. The third-order valence-electron chi connectivity index (χ3n) is 5.52. The minimum absolute atomic E-state index is 0.0245. The molecular formula is C25H24ClN3O8. The maximum absolute atomic E-state index is 13.0. The second kappa shape index (κ2) is 11.9.